The van der Waals surface area contributed by atoms with E-state index in [4.69, 9.17) is 14.8 Å². The van der Waals surface area contributed by atoms with Gasteiger partial charge in [-0.25, -0.2) is 14.5 Å². The summed E-state index contributed by atoms with van der Waals surface area (Å²) in [6.45, 7) is 8.38. The molecule has 1 saturated heterocycles. The predicted molar refractivity (Wildman–Crippen MR) is 97.0 cm³/mol. The average molecular weight is 358 g/mol. The molecule has 2 aliphatic rings. The third kappa shape index (κ3) is 2.74. The third-order valence-electron chi connectivity index (χ3n) is 5.42. The number of quaternary nitrogens is 1. The van der Waals surface area contributed by atoms with E-state index in [1.54, 1.807) is 16.2 Å². The molecule has 0 radical (unpaired) electrons. The number of likely N-dealkylation sites (tertiary alicyclic amines) is 1. The summed E-state index contributed by atoms with van der Waals surface area (Å²) < 4.78 is 7.85. The molecule has 0 aliphatic carbocycles. The molecule has 1 N–H and O–H groups in total. The number of fused-ring (bicyclic) bond motifs is 5. The molecule has 0 amide bonds. The maximum absolute atomic E-state index is 5.98. The summed E-state index contributed by atoms with van der Waals surface area (Å²) in [5, 5.41) is 5.90. The summed E-state index contributed by atoms with van der Waals surface area (Å²) in [5.41, 5.74) is 2.19. The van der Waals surface area contributed by atoms with E-state index in [0.717, 1.165) is 29.3 Å². The normalized spacial score (nSPS) is 21.0. The van der Waals surface area contributed by atoms with Crippen molar-refractivity contribution in [3.8, 4) is 0 Å². The molecular weight excluding hydrogens is 334 g/mol. The maximum atomic E-state index is 5.98. The molecule has 5 rings (SSSR count). The highest BCUT2D eigenvalue weighted by Gasteiger charge is 2.31. The fraction of sp³-hybridized carbons (Fsp3) is 0.611. The van der Waals surface area contributed by atoms with Crippen molar-refractivity contribution in [3.05, 3.63) is 22.6 Å². The molecule has 0 unspecified atom stereocenters. The van der Waals surface area contributed by atoms with E-state index in [-0.39, 0.29) is 5.60 Å². The standard InChI is InChI=1S/C18H23N5OS/c1-18(2)8-12-13(10-24-18)25-17-15(12)16-20-14(21-23(16)11-19-17)9-22-6-4-3-5-7-22/h11H,3-10H2,1-2H3/p+1. The quantitative estimate of drug-likeness (QED) is 0.758. The number of hydrogen-bond donors (Lipinski definition) is 1. The van der Waals surface area contributed by atoms with Gasteiger partial charge in [0.05, 0.1) is 30.7 Å². The zero-order valence-corrected chi connectivity index (χ0v) is 15.7. The summed E-state index contributed by atoms with van der Waals surface area (Å²) in [6.07, 6.45) is 6.73. The second-order valence-corrected chi connectivity index (χ2v) is 9.02. The molecule has 0 bridgehead atoms. The molecule has 3 aromatic heterocycles. The van der Waals surface area contributed by atoms with Crippen molar-refractivity contribution >= 4 is 27.2 Å². The number of hydrogen-bond acceptors (Lipinski definition) is 5. The van der Waals surface area contributed by atoms with Gasteiger partial charge in [0, 0.05) is 11.3 Å². The van der Waals surface area contributed by atoms with Gasteiger partial charge in [0.2, 0.25) is 5.82 Å². The second kappa shape index (κ2) is 5.72. The Labute approximate surface area is 150 Å². The Bertz CT molecular complexity index is 938. The van der Waals surface area contributed by atoms with Gasteiger partial charge < -0.3 is 9.64 Å². The largest absolute Gasteiger partial charge is 0.370 e. The number of aromatic nitrogens is 4. The predicted octanol–water partition coefficient (Wildman–Crippen LogP) is 1.76. The van der Waals surface area contributed by atoms with Crippen molar-refractivity contribution in [2.75, 3.05) is 13.1 Å². The van der Waals surface area contributed by atoms with Gasteiger partial charge in [-0.05, 0) is 38.7 Å². The average Bonchev–Trinajstić information content (AvgIpc) is 3.14. The minimum Gasteiger partial charge on any atom is -0.370 e. The van der Waals surface area contributed by atoms with Gasteiger partial charge in [-0.2, -0.15) is 0 Å². The molecular formula is C18H24N5OS+. The van der Waals surface area contributed by atoms with Crippen molar-refractivity contribution in [2.24, 2.45) is 0 Å². The second-order valence-electron chi connectivity index (χ2n) is 7.94. The third-order valence-corrected chi connectivity index (χ3v) is 6.53. The van der Waals surface area contributed by atoms with E-state index < -0.39 is 0 Å². The van der Waals surface area contributed by atoms with Crippen LogP contribution in [0.4, 0.5) is 0 Å². The lowest BCUT2D eigenvalue weighted by atomic mass is 9.94. The Hall–Kier alpha value is -1.57. The Kier molecular flexibility index (Phi) is 3.59. The summed E-state index contributed by atoms with van der Waals surface area (Å²) >= 11 is 1.74. The van der Waals surface area contributed by atoms with Crippen LogP contribution in [-0.2, 0) is 24.3 Å². The van der Waals surface area contributed by atoms with Crippen LogP contribution in [0.3, 0.4) is 0 Å². The first-order valence-electron chi connectivity index (χ1n) is 9.21. The number of nitrogens with zero attached hydrogens (tertiary/aromatic N) is 4. The van der Waals surface area contributed by atoms with E-state index >= 15 is 0 Å². The highest BCUT2D eigenvalue weighted by atomic mass is 32.1. The summed E-state index contributed by atoms with van der Waals surface area (Å²) in [4.78, 5) is 13.5. The van der Waals surface area contributed by atoms with Gasteiger partial charge >= 0.3 is 0 Å². The number of nitrogens with one attached hydrogen (secondary N) is 1. The van der Waals surface area contributed by atoms with Crippen molar-refractivity contribution in [2.45, 2.75) is 58.3 Å². The Morgan fingerprint density at radius 1 is 1.28 bits per heavy atom. The first kappa shape index (κ1) is 15.7. The molecule has 2 aliphatic heterocycles. The molecule has 6 nitrogen and oxygen atoms in total. The Morgan fingerprint density at radius 2 is 2.12 bits per heavy atom. The van der Waals surface area contributed by atoms with Gasteiger partial charge in [-0.1, -0.05) is 0 Å². The molecule has 0 saturated carbocycles. The lowest BCUT2D eigenvalue weighted by Crippen LogP contribution is -3.11. The SMILES string of the molecule is CC1(C)Cc2c(sc3ncn4nc(C[NH+]5CCCCC5)nc4c23)CO1. The minimum atomic E-state index is -0.130. The van der Waals surface area contributed by atoms with E-state index in [0.29, 0.717) is 6.61 Å². The zero-order chi connectivity index (χ0) is 17.0. The van der Waals surface area contributed by atoms with Crippen molar-refractivity contribution in [1.82, 2.24) is 19.6 Å². The van der Waals surface area contributed by atoms with Gasteiger partial charge in [0.25, 0.3) is 0 Å². The summed E-state index contributed by atoms with van der Waals surface area (Å²) in [5.74, 6) is 0.942. The molecule has 0 spiro atoms. The van der Waals surface area contributed by atoms with E-state index in [2.05, 4.69) is 18.8 Å². The van der Waals surface area contributed by atoms with E-state index in [1.165, 1.54) is 48.2 Å². The van der Waals surface area contributed by atoms with Crippen LogP contribution in [-0.4, -0.2) is 38.3 Å². The number of ether oxygens (including phenoxy) is 1. The molecule has 5 heterocycles. The monoisotopic (exact) mass is 358 g/mol. The number of rotatable bonds is 2. The summed E-state index contributed by atoms with van der Waals surface area (Å²) in [7, 11) is 0. The first-order valence-corrected chi connectivity index (χ1v) is 10.0. The van der Waals surface area contributed by atoms with Gasteiger partial charge in [-0.3, -0.25) is 0 Å². The van der Waals surface area contributed by atoms with Crippen LogP contribution < -0.4 is 4.90 Å². The van der Waals surface area contributed by atoms with E-state index in [9.17, 15) is 0 Å². The maximum Gasteiger partial charge on any atom is 0.206 e. The van der Waals surface area contributed by atoms with Crippen LogP contribution in [0.25, 0.3) is 15.9 Å². The molecule has 7 heteroatoms. The van der Waals surface area contributed by atoms with Crippen LogP contribution in [0.5, 0.6) is 0 Å². The molecule has 3 aromatic rings. The van der Waals surface area contributed by atoms with Crippen LogP contribution >= 0.6 is 11.3 Å². The van der Waals surface area contributed by atoms with Crippen LogP contribution in [0.1, 0.15) is 49.4 Å². The first-order chi connectivity index (χ1) is 12.1. The molecule has 25 heavy (non-hydrogen) atoms. The summed E-state index contributed by atoms with van der Waals surface area (Å²) in [6, 6.07) is 0. The Morgan fingerprint density at radius 3 is 2.96 bits per heavy atom. The van der Waals surface area contributed by atoms with Crippen LogP contribution in [0, 0.1) is 0 Å². The smallest absolute Gasteiger partial charge is 0.206 e. The molecule has 1 fully saturated rings. The Balaban J connectivity index is 1.58. The fourth-order valence-electron chi connectivity index (χ4n) is 4.11. The van der Waals surface area contributed by atoms with E-state index in [1.807, 2.05) is 10.8 Å². The van der Waals surface area contributed by atoms with Crippen LogP contribution in [0.2, 0.25) is 0 Å². The van der Waals surface area contributed by atoms with Crippen LogP contribution in [0.15, 0.2) is 6.33 Å². The number of piperidine rings is 1. The minimum absolute atomic E-state index is 0.130. The lowest BCUT2D eigenvalue weighted by Gasteiger charge is -2.30. The lowest BCUT2D eigenvalue weighted by molar-refractivity contribution is -0.919. The highest BCUT2D eigenvalue weighted by molar-refractivity contribution is 7.19. The van der Waals surface area contributed by atoms with Crippen molar-refractivity contribution in [3.63, 3.8) is 0 Å². The molecule has 0 atom stereocenters. The van der Waals surface area contributed by atoms with Crippen molar-refractivity contribution in [1.29, 1.82) is 0 Å². The van der Waals surface area contributed by atoms with Crippen molar-refractivity contribution < 1.29 is 9.64 Å². The fourth-order valence-corrected chi connectivity index (χ4v) is 5.18. The number of thiophene rings is 1. The topological polar surface area (TPSA) is 56.8 Å². The molecule has 132 valence electrons. The van der Waals surface area contributed by atoms with Gasteiger partial charge in [0.15, 0.2) is 5.65 Å². The van der Waals surface area contributed by atoms with Gasteiger partial charge in [-0.15, -0.1) is 16.4 Å². The zero-order valence-electron chi connectivity index (χ0n) is 14.8. The van der Waals surface area contributed by atoms with Gasteiger partial charge in [0.1, 0.15) is 17.7 Å². The molecule has 0 aromatic carbocycles. The highest BCUT2D eigenvalue weighted by Crippen LogP contribution is 2.39.